The Hall–Kier alpha value is -1.49. The Kier molecular flexibility index (Phi) is 7.03. The number of nitrogens with zero attached hydrogens (tertiary/aromatic N) is 1. The van der Waals surface area contributed by atoms with Crippen LogP contribution in [0.4, 0.5) is 0 Å². The molecule has 4 nitrogen and oxygen atoms in total. The monoisotopic (exact) mass is 281 g/mol. The highest BCUT2D eigenvalue weighted by atomic mass is 32.2. The van der Waals surface area contributed by atoms with E-state index >= 15 is 0 Å². The van der Waals surface area contributed by atoms with Gasteiger partial charge in [0.2, 0.25) is 5.91 Å². The highest BCUT2D eigenvalue weighted by molar-refractivity contribution is 7.99. The number of carbonyl (C=O) groups is 2. The number of aliphatic carboxylic acids is 1. The van der Waals surface area contributed by atoms with Gasteiger partial charge in [-0.25, -0.2) is 0 Å². The number of hydrogen-bond donors (Lipinski definition) is 1. The van der Waals surface area contributed by atoms with Crippen molar-refractivity contribution in [3.63, 3.8) is 0 Å². The second-order valence-electron chi connectivity index (χ2n) is 4.03. The molecule has 0 saturated carbocycles. The van der Waals surface area contributed by atoms with E-state index in [1.165, 1.54) is 0 Å². The third-order valence-electron chi connectivity index (χ3n) is 2.66. The van der Waals surface area contributed by atoms with Gasteiger partial charge in [0.1, 0.15) is 0 Å². The molecular weight excluding hydrogens is 262 g/mol. The third kappa shape index (κ3) is 6.29. The van der Waals surface area contributed by atoms with Crippen LogP contribution in [0.5, 0.6) is 0 Å². The van der Waals surface area contributed by atoms with E-state index in [-0.39, 0.29) is 12.3 Å². The Morgan fingerprint density at radius 2 is 1.89 bits per heavy atom. The summed E-state index contributed by atoms with van der Waals surface area (Å²) in [5.41, 5.74) is 0. The quantitative estimate of drug-likeness (QED) is 0.744. The number of carbonyl (C=O) groups excluding carboxylic acids is 1. The van der Waals surface area contributed by atoms with Crippen molar-refractivity contribution in [3.8, 4) is 0 Å². The zero-order valence-corrected chi connectivity index (χ0v) is 11.9. The topological polar surface area (TPSA) is 57.6 Å². The molecule has 0 unspecified atom stereocenters. The molecule has 0 aliphatic rings. The Morgan fingerprint density at radius 3 is 2.47 bits per heavy atom. The second-order valence-corrected chi connectivity index (χ2v) is 5.20. The largest absolute Gasteiger partial charge is 0.481 e. The Balaban J connectivity index is 2.30. The summed E-state index contributed by atoms with van der Waals surface area (Å²) >= 11 is 1.64. The normalized spacial score (nSPS) is 10.2. The second kappa shape index (κ2) is 8.58. The summed E-state index contributed by atoms with van der Waals surface area (Å²) in [6.45, 7) is 2.72. The number of thioether (sulfide) groups is 1. The van der Waals surface area contributed by atoms with Crippen LogP contribution in [0.2, 0.25) is 0 Å². The molecule has 0 fully saturated rings. The molecule has 0 aromatic heterocycles. The molecule has 0 atom stereocenters. The van der Waals surface area contributed by atoms with E-state index in [1.807, 2.05) is 37.3 Å². The molecule has 19 heavy (non-hydrogen) atoms. The Morgan fingerprint density at radius 1 is 1.21 bits per heavy atom. The van der Waals surface area contributed by atoms with Gasteiger partial charge in [-0.2, -0.15) is 0 Å². The van der Waals surface area contributed by atoms with E-state index in [2.05, 4.69) is 0 Å². The third-order valence-corrected chi connectivity index (χ3v) is 3.67. The van der Waals surface area contributed by atoms with Gasteiger partial charge in [-0.1, -0.05) is 18.2 Å². The van der Waals surface area contributed by atoms with Crippen molar-refractivity contribution in [1.82, 2.24) is 4.90 Å². The molecule has 1 aromatic rings. The van der Waals surface area contributed by atoms with Crippen LogP contribution < -0.4 is 0 Å². The van der Waals surface area contributed by atoms with Gasteiger partial charge in [-0.3, -0.25) is 9.59 Å². The van der Waals surface area contributed by atoms with Crippen molar-refractivity contribution in [1.29, 1.82) is 0 Å². The lowest BCUT2D eigenvalue weighted by atomic mass is 10.3. The number of carboxylic acid groups (broad SMARTS) is 1. The Bertz CT molecular complexity index is 408. The van der Waals surface area contributed by atoms with Crippen LogP contribution in [0.1, 0.15) is 19.8 Å². The summed E-state index contributed by atoms with van der Waals surface area (Å²) in [7, 11) is 0. The zero-order chi connectivity index (χ0) is 14.1. The summed E-state index contributed by atoms with van der Waals surface area (Å²) in [6.07, 6.45) is 0.443. The molecule has 1 amide bonds. The molecule has 0 bridgehead atoms. The van der Waals surface area contributed by atoms with Gasteiger partial charge in [0.05, 0.1) is 6.42 Å². The molecule has 104 valence electrons. The number of hydrogen-bond acceptors (Lipinski definition) is 3. The minimum Gasteiger partial charge on any atom is -0.481 e. The number of amides is 1. The summed E-state index contributed by atoms with van der Waals surface area (Å²) < 4.78 is 0. The van der Waals surface area contributed by atoms with Gasteiger partial charge in [-0.15, -0.1) is 11.8 Å². The molecular formula is C14H19NO3S. The minimum absolute atomic E-state index is 0.00537. The number of rotatable bonds is 8. The number of benzene rings is 1. The average molecular weight is 281 g/mol. The average Bonchev–Trinajstić information content (AvgIpc) is 2.40. The van der Waals surface area contributed by atoms with Gasteiger partial charge in [0, 0.05) is 30.2 Å². The predicted molar refractivity (Wildman–Crippen MR) is 76.3 cm³/mol. The van der Waals surface area contributed by atoms with Gasteiger partial charge >= 0.3 is 5.97 Å². The minimum atomic E-state index is -0.870. The smallest absolute Gasteiger partial charge is 0.305 e. The SMILES string of the molecule is CCN(CCC(=O)O)C(=O)CCSc1ccccc1. The molecule has 5 heteroatoms. The molecule has 0 heterocycles. The molecule has 1 N–H and O–H groups in total. The van der Waals surface area contributed by atoms with E-state index < -0.39 is 5.97 Å². The van der Waals surface area contributed by atoms with Crippen LogP contribution in [0.15, 0.2) is 35.2 Å². The lowest BCUT2D eigenvalue weighted by Crippen LogP contribution is -2.33. The maximum atomic E-state index is 11.9. The zero-order valence-electron chi connectivity index (χ0n) is 11.0. The fourth-order valence-corrected chi connectivity index (χ4v) is 2.48. The van der Waals surface area contributed by atoms with E-state index in [4.69, 9.17) is 5.11 Å². The van der Waals surface area contributed by atoms with Crippen molar-refractivity contribution >= 4 is 23.6 Å². The molecule has 0 aliphatic heterocycles. The Labute approximate surface area is 117 Å². The first kappa shape index (κ1) is 15.6. The lowest BCUT2D eigenvalue weighted by molar-refractivity contribution is -0.138. The maximum absolute atomic E-state index is 11.9. The van der Waals surface area contributed by atoms with Crippen LogP contribution in [-0.4, -0.2) is 40.7 Å². The highest BCUT2D eigenvalue weighted by Gasteiger charge is 2.12. The van der Waals surface area contributed by atoms with Crippen molar-refractivity contribution in [3.05, 3.63) is 30.3 Å². The fraction of sp³-hybridized carbons (Fsp3) is 0.429. The molecule has 0 aliphatic carbocycles. The first-order valence-corrected chi connectivity index (χ1v) is 7.29. The first-order chi connectivity index (χ1) is 9.13. The summed E-state index contributed by atoms with van der Waals surface area (Å²) in [4.78, 5) is 25.1. The van der Waals surface area contributed by atoms with Crippen molar-refractivity contribution < 1.29 is 14.7 Å². The van der Waals surface area contributed by atoms with Gasteiger partial charge in [-0.05, 0) is 19.1 Å². The van der Waals surface area contributed by atoms with E-state index in [0.29, 0.717) is 25.3 Å². The van der Waals surface area contributed by atoms with Crippen LogP contribution in [-0.2, 0) is 9.59 Å². The summed E-state index contributed by atoms with van der Waals surface area (Å²) in [5, 5.41) is 8.62. The highest BCUT2D eigenvalue weighted by Crippen LogP contribution is 2.18. The molecule has 0 saturated heterocycles. The van der Waals surface area contributed by atoms with E-state index in [9.17, 15) is 9.59 Å². The standard InChI is InChI=1S/C14H19NO3S/c1-2-15(10-8-14(17)18)13(16)9-11-19-12-6-4-3-5-7-12/h3-7H,2,8-11H2,1H3,(H,17,18). The molecule has 1 aromatic carbocycles. The van der Waals surface area contributed by atoms with Crippen LogP contribution in [0, 0.1) is 0 Å². The van der Waals surface area contributed by atoms with Gasteiger partial charge in [0.25, 0.3) is 0 Å². The van der Waals surface area contributed by atoms with Gasteiger partial charge < -0.3 is 10.0 Å². The van der Waals surface area contributed by atoms with Crippen molar-refractivity contribution in [2.45, 2.75) is 24.7 Å². The summed E-state index contributed by atoms with van der Waals surface area (Å²) in [6, 6.07) is 9.92. The number of carboxylic acids is 1. The summed E-state index contributed by atoms with van der Waals surface area (Å²) in [5.74, 6) is -0.135. The van der Waals surface area contributed by atoms with Crippen molar-refractivity contribution in [2.24, 2.45) is 0 Å². The molecule has 0 spiro atoms. The van der Waals surface area contributed by atoms with E-state index in [1.54, 1.807) is 16.7 Å². The molecule has 1 rings (SSSR count). The van der Waals surface area contributed by atoms with E-state index in [0.717, 1.165) is 4.90 Å². The predicted octanol–water partition coefficient (Wildman–Crippen LogP) is 2.49. The fourth-order valence-electron chi connectivity index (χ4n) is 1.62. The molecule has 0 radical (unpaired) electrons. The lowest BCUT2D eigenvalue weighted by Gasteiger charge is -2.19. The van der Waals surface area contributed by atoms with Crippen LogP contribution in [0.3, 0.4) is 0 Å². The first-order valence-electron chi connectivity index (χ1n) is 6.31. The van der Waals surface area contributed by atoms with Crippen LogP contribution in [0.25, 0.3) is 0 Å². The van der Waals surface area contributed by atoms with Crippen molar-refractivity contribution in [2.75, 3.05) is 18.8 Å². The van der Waals surface area contributed by atoms with Crippen LogP contribution >= 0.6 is 11.8 Å². The maximum Gasteiger partial charge on any atom is 0.305 e. The van der Waals surface area contributed by atoms with Gasteiger partial charge in [0.15, 0.2) is 0 Å².